The summed E-state index contributed by atoms with van der Waals surface area (Å²) in [5.74, 6) is -0.680. The van der Waals surface area contributed by atoms with Gasteiger partial charge in [-0.05, 0) is 48.6 Å². The largest absolute Gasteiger partial charge is 0.481 e. The van der Waals surface area contributed by atoms with Crippen molar-refractivity contribution in [2.45, 2.75) is 19.3 Å². The summed E-state index contributed by atoms with van der Waals surface area (Å²) in [7, 11) is 0. The van der Waals surface area contributed by atoms with E-state index < -0.39 is 5.97 Å². The molecular weight excluding hydrogens is 214 g/mol. The average Bonchev–Trinajstić information content (AvgIpc) is 3.08. The molecule has 1 aromatic carbocycles. The Morgan fingerprint density at radius 2 is 2.24 bits per heavy atom. The van der Waals surface area contributed by atoms with Gasteiger partial charge in [0, 0.05) is 11.6 Å². The lowest BCUT2D eigenvalue weighted by Crippen LogP contribution is -1.98. The molecule has 86 valence electrons. The van der Waals surface area contributed by atoms with Crippen LogP contribution in [0, 0.1) is 12.8 Å². The van der Waals surface area contributed by atoms with E-state index in [9.17, 15) is 4.79 Å². The van der Waals surface area contributed by atoms with E-state index in [1.165, 1.54) is 0 Å². The SMILES string of the molecule is Cc1cnc2ccc(C3CC3C(=O)O)cc2c1. The van der Waals surface area contributed by atoms with Crippen molar-refractivity contribution in [1.29, 1.82) is 0 Å². The van der Waals surface area contributed by atoms with Crippen molar-refractivity contribution in [3.63, 3.8) is 0 Å². The molecule has 17 heavy (non-hydrogen) atoms. The van der Waals surface area contributed by atoms with Gasteiger partial charge in [0.05, 0.1) is 11.4 Å². The molecule has 0 saturated heterocycles. The van der Waals surface area contributed by atoms with Gasteiger partial charge in [-0.2, -0.15) is 0 Å². The normalized spacial score (nSPS) is 22.6. The minimum Gasteiger partial charge on any atom is -0.481 e. The quantitative estimate of drug-likeness (QED) is 0.858. The van der Waals surface area contributed by atoms with Crippen LogP contribution in [-0.2, 0) is 4.79 Å². The molecule has 3 nitrogen and oxygen atoms in total. The number of pyridine rings is 1. The van der Waals surface area contributed by atoms with E-state index in [0.717, 1.165) is 28.5 Å². The molecule has 1 heterocycles. The summed E-state index contributed by atoms with van der Waals surface area (Å²) in [5, 5.41) is 10.0. The summed E-state index contributed by atoms with van der Waals surface area (Å²) in [6.45, 7) is 2.01. The maximum Gasteiger partial charge on any atom is 0.307 e. The number of hydrogen-bond acceptors (Lipinski definition) is 2. The van der Waals surface area contributed by atoms with Gasteiger partial charge in [-0.3, -0.25) is 9.78 Å². The minimum absolute atomic E-state index is 0.190. The Bertz CT molecular complexity index is 606. The van der Waals surface area contributed by atoms with Crippen LogP contribution < -0.4 is 0 Å². The standard InChI is InChI=1S/C14H13NO2/c1-8-4-10-5-9(2-3-13(10)15-7-8)11-6-12(11)14(16)17/h2-5,7,11-12H,6H2,1H3,(H,16,17). The van der Waals surface area contributed by atoms with E-state index in [2.05, 4.69) is 17.1 Å². The van der Waals surface area contributed by atoms with Gasteiger partial charge in [-0.25, -0.2) is 0 Å². The van der Waals surface area contributed by atoms with E-state index in [1.807, 2.05) is 25.3 Å². The lowest BCUT2D eigenvalue weighted by molar-refractivity contribution is -0.138. The Morgan fingerprint density at radius 3 is 2.94 bits per heavy atom. The summed E-state index contributed by atoms with van der Waals surface area (Å²) in [4.78, 5) is 15.2. The number of hydrogen-bond donors (Lipinski definition) is 1. The molecule has 1 aliphatic carbocycles. The number of carbonyl (C=O) groups is 1. The van der Waals surface area contributed by atoms with Gasteiger partial charge < -0.3 is 5.11 Å². The van der Waals surface area contributed by atoms with Gasteiger partial charge in [0.25, 0.3) is 0 Å². The summed E-state index contributed by atoms with van der Waals surface area (Å²) < 4.78 is 0. The second-order valence-corrected chi connectivity index (χ2v) is 4.75. The first-order valence-corrected chi connectivity index (χ1v) is 5.74. The highest BCUT2D eigenvalue weighted by molar-refractivity contribution is 5.81. The predicted octanol–water partition coefficient (Wildman–Crippen LogP) is 2.73. The fraction of sp³-hybridized carbons (Fsp3) is 0.286. The van der Waals surface area contributed by atoms with Crippen molar-refractivity contribution in [1.82, 2.24) is 4.98 Å². The maximum absolute atomic E-state index is 10.9. The van der Waals surface area contributed by atoms with Crippen LogP contribution in [0.5, 0.6) is 0 Å². The molecular formula is C14H13NO2. The molecule has 0 aliphatic heterocycles. The lowest BCUT2D eigenvalue weighted by atomic mass is 10.1. The molecule has 1 aromatic heterocycles. The van der Waals surface area contributed by atoms with Crippen LogP contribution in [0.15, 0.2) is 30.5 Å². The second-order valence-electron chi connectivity index (χ2n) is 4.75. The molecule has 0 spiro atoms. The maximum atomic E-state index is 10.9. The molecule has 2 aromatic rings. The van der Waals surface area contributed by atoms with Crippen LogP contribution in [0.3, 0.4) is 0 Å². The Morgan fingerprint density at radius 1 is 1.41 bits per heavy atom. The molecule has 1 aliphatic rings. The van der Waals surface area contributed by atoms with Gasteiger partial charge >= 0.3 is 5.97 Å². The molecule has 2 unspecified atom stereocenters. The van der Waals surface area contributed by atoms with E-state index in [1.54, 1.807) is 0 Å². The van der Waals surface area contributed by atoms with Crippen molar-refractivity contribution in [2.75, 3.05) is 0 Å². The van der Waals surface area contributed by atoms with Crippen LogP contribution in [0.1, 0.15) is 23.5 Å². The molecule has 1 N–H and O–H groups in total. The third kappa shape index (κ3) is 1.78. The number of fused-ring (bicyclic) bond motifs is 1. The predicted molar refractivity (Wildman–Crippen MR) is 65.0 cm³/mol. The highest BCUT2D eigenvalue weighted by atomic mass is 16.4. The summed E-state index contributed by atoms with van der Waals surface area (Å²) in [6, 6.07) is 8.13. The fourth-order valence-electron chi connectivity index (χ4n) is 2.33. The smallest absolute Gasteiger partial charge is 0.307 e. The number of aliphatic carboxylic acids is 1. The van der Waals surface area contributed by atoms with Crippen molar-refractivity contribution >= 4 is 16.9 Å². The number of aryl methyl sites for hydroxylation is 1. The first-order valence-electron chi connectivity index (χ1n) is 5.74. The molecule has 1 saturated carbocycles. The number of aromatic nitrogens is 1. The van der Waals surface area contributed by atoms with Crippen LogP contribution in [-0.4, -0.2) is 16.1 Å². The van der Waals surface area contributed by atoms with Crippen molar-refractivity contribution in [3.8, 4) is 0 Å². The molecule has 1 fully saturated rings. The number of rotatable bonds is 2. The van der Waals surface area contributed by atoms with Gasteiger partial charge in [-0.15, -0.1) is 0 Å². The van der Waals surface area contributed by atoms with E-state index in [4.69, 9.17) is 5.11 Å². The molecule has 0 amide bonds. The minimum atomic E-state index is -0.683. The Hall–Kier alpha value is -1.90. The topological polar surface area (TPSA) is 50.2 Å². The zero-order chi connectivity index (χ0) is 12.0. The second kappa shape index (κ2) is 3.55. The summed E-state index contributed by atoms with van der Waals surface area (Å²) >= 11 is 0. The monoisotopic (exact) mass is 227 g/mol. The van der Waals surface area contributed by atoms with Crippen LogP contribution in [0.2, 0.25) is 0 Å². The molecule has 3 rings (SSSR count). The highest BCUT2D eigenvalue weighted by Gasteiger charge is 2.44. The van der Waals surface area contributed by atoms with Gasteiger partial charge in [0.1, 0.15) is 0 Å². The molecule has 0 bridgehead atoms. The molecule has 3 heteroatoms. The zero-order valence-corrected chi connectivity index (χ0v) is 9.55. The van der Waals surface area contributed by atoms with Crippen molar-refractivity contribution < 1.29 is 9.90 Å². The average molecular weight is 227 g/mol. The van der Waals surface area contributed by atoms with Gasteiger partial charge in [-0.1, -0.05) is 6.07 Å². The van der Waals surface area contributed by atoms with Crippen LogP contribution >= 0.6 is 0 Å². The Labute approximate surface area is 99.1 Å². The Balaban J connectivity index is 2.00. The van der Waals surface area contributed by atoms with E-state index in [-0.39, 0.29) is 11.8 Å². The van der Waals surface area contributed by atoms with Crippen molar-refractivity contribution in [2.24, 2.45) is 5.92 Å². The van der Waals surface area contributed by atoms with Gasteiger partial charge in [0.2, 0.25) is 0 Å². The van der Waals surface area contributed by atoms with Crippen LogP contribution in [0.4, 0.5) is 0 Å². The van der Waals surface area contributed by atoms with E-state index in [0.29, 0.717) is 0 Å². The number of nitrogens with zero attached hydrogens (tertiary/aromatic N) is 1. The highest BCUT2D eigenvalue weighted by Crippen LogP contribution is 2.47. The lowest BCUT2D eigenvalue weighted by Gasteiger charge is -2.03. The zero-order valence-electron chi connectivity index (χ0n) is 9.55. The number of carboxylic acids is 1. The Kier molecular flexibility index (Phi) is 2.15. The third-order valence-electron chi connectivity index (χ3n) is 3.38. The number of benzene rings is 1. The summed E-state index contributed by atoms with van der Waals surface area (Å²) in [5.41, 5.74) is 3.21. The summed E-state index contributed by atoms with van der Waals surface area (Å²) in [6.07, 6.45) is 2.61. The first kappa shape index (κ1) is 10.3. The first-order chi connectivity index (χ1) is 8.15. The molecule has 0 radical (unpaired) electrons. The molecule has 2 atom stereocenters. The third-order valence-corrected chi connectivity index (χ3v) is 3.38. The van der Waals surface area contributed by atoms with Gasteiger partial charge in [0.15, 0.2) is 0 Å². The van der Waals surface area contributed by atoms with Crippen LogP contribution in [0.25, 0.3) is 10.9 Å². The van der Waals surface area contributed by atoms with Crippen molar-refractivity contribution in [3.05, 3.63) is 41.6 Å². The number of carboxylic acid groups (broad SMARTS) is 1. The van der Waals surface area contributed by atoms with E-state index >= 15 is 0 Å². The fourth-order valence-corrected chi connectivity index (χ4v) is 2.33.